The molecule has 0 aliphatic heterocycles. The first-order valence-corrected chi connectivity index (χ1v) is 8.38. The second-order valence-corrected chi connectivity index (χ2v) is 7.92. The van der Waals surface area contributed by atoms with Gasteiger partial charge in [-0.3, -0.25) is 0 Å². The largest absolute Gasteiger partial charge is 0.364 e. The molecule has 2 aromatic rings. The van der Waals surface area contributed by atoms with Crippen molar-refractivity contribution in [2.24, 2.45) is 5.92 Å². The van der Waals surface area contributed by atoms with Crippen LogP contribution in [0.5, 0.6) is 0 Å². The zero-order chi connectivity index (χ0) is 17.3. The third kappa shape index (κ3) is 1.89. The van der Waals surface area contributed by atoms with Crippen molar-refractivity contribution >= 4 is 23.1 Å². The summed E-state index contributed by atoms with van der Waals surface area (Å²) >= 11 is 0. The van der Waals surface area contributed by atoms with E-state index in [1.54, 1.807) is 7.11 Å². The van der Waals surface area contributed by atoms with Gasteiger partial charge in [-0.1, -0.05) is 51.1 Å². The highest BCUT2D eigenvalue weighted by atomic mass is 16.6. The minimum absolute atomic E-state index is 0.0191. The quantitative estimate of drug-likeness (QED) is 0.642. The Morgan fingerprint density at radius 1 is 1.17 bits per heavy atom. The molecule has 4 rings (SSSR count). The van der Waals surface area contributed by atoms with E-state index in [4.69, 9.17) is 10.1 Å². The first-order valence-electron chi connectivity index (χ1n) is 8.38. The van der Waals surface area contributed by atoms with Crippen molar-refractivity contribution in [2.45, 2.75) is 37.9 Å². The summed E-state index contributed by atoms with van der Waals surface area (Å²) < 4.78 is 5.44. The Bertz CT molecular complexity index is 891. The summed E-state index contributed by atoms with van der Waals surface area (Å²) in [5, 5.41) is 21.0. The van der Waals surface area contributed by atoms with Gasteiger partial charge >= 0.3 is 0 Å². The second kappa shape index (κ2) is 4.78. The van der Waals surface area contributed by atoms with Crippen LogP contribution in [0.1, 0.15) is 43.4 Å². The van der Waals surface area contributed by atoms with E-state index in [-0.39, 0.29) is 17.3 Å². The number of ether oxygens (including phenoxy) is 1. The lowest BCUT2D eigenvalue weighted by molar-refractivity contribution is -0.113. The van der Waals surface area contributed by atoms with Crippen molar-refractivity contribution in [3.63, 3.8) is 0 Å². The van der Waals surface area contributed by atoms with Crippen LogP contribution < -0.4 is 0 Å². The van der Waals surface area contributed by atoms with E-state index in [9.17, 15) is 5.11 Å². The SMILES string of the molecule is COC1(O)C2C(C=N)=Cc3cc(C(C)(C)C)c4ccccc4c3C21. The zero-order valence-electron chi connectivity index (χ0n) is 14.6. The van der Waals surface area contributed by atoms with Gasteiger partial charge in [-0.2, -0.15) is 0 Å². The predicted molar refractivity (Wildman–Crippen MR) is 97.6 cm³/mol. The van der Waals surface area contributed by atoms with E-state index < -0.39 is 5.79 Å². The van der Waals surface area contributed by atoms with Crippen LogP contribution in [-0.2, 0) is 10.2 Å². The van der Waals surface area contributed by atoms with E-state index in [1.807, 2.05) is 12.1 Å². The number of methoxy groups -OCH3 is 1. The van der Waals surface area contributed by atoms with Crippen molar-refractivity contribution in [2.75, 3.05) is 7.11 Å². The van der Waals surface area contributed by atoms with Gasteiger partial charge in [0.25, 0.3) is 0 Å². The maximum atomic E-state index is 10.9. The smallest absolute Gasteiger partial charge is 0.180 e. The highest BCUT2D eigenvalue weighted by Gasteiger charge is 2.68. The van der Waals surface area contributed by atoms with Gasteiger partial charge in [0.1, 0.15) is 0 Å². The fraction of sp³-hybridized carbons (Fsp3) is 0.381. The van der Waals surface area contributed by atoms with Crippen molar-refractivity contribution in [1.29, 1.82) is 5.41 Å². The molecular weight excluding hydrogens is 298 g/mol. The monoisotopic (exact) mass is 321 g/mol. The van der Waals surface area contributed by atoms with Gasteiger partial charge in [-0.05, 0) is 44.5 Å². The molecule has 3 heteroatoms. The average Bonchev–Trinajstić information content (AvgIpc) is 3.19. The molecule has 3 unspecified atom stereocenters. The standard InChI is InChI=1S/C21H23NO2/c1-20(2,3)16-10-12-9-13(11-22)18-19(21(18,23)24-4)17(12)15-8-6-5-7-14(15)16/h5-11,18-19,22-23H,1-4H3. The fourth-order valence-corrected chi connectivity index (χ4v) is 4.32. The average molecular weight is 321 g/mol. The summed E-state index contributed by atoms with van der Waals surface area (Å²) in [5.74, 6) is -1.44. The van der Waals surface area contributed by atoms with E-state index in [0.29, 0.717) is 0 Å². The van der Waals surface area contributed by atoms with Gasteiger partial charge in [0, 0.05) is 13.3 Å². The van der Waals surface area contributed by atoms with Crippen molar-refractivity contribution < 1.29 is 9.84 Å². The Morgan fingerprint density at radius 2 is 1.83 bits per heavy atom. The normalized spacial score (nSPS) is 28.1. The first-order chi connectivity index (χ1) is 11.3. The van der Waals surface area contributed by atoms with Gasteiger partial charge in [-0.25, -0.2) is 0 Å². The summed E-state index contributed by atoms with van der Waals surface area (Å²) in [5.41, 5.74) is 4.40. The molecule has 0 saturated heterocycles. The number of hydrogen-bond donors (Lipinski definition) is 2. The second-order valence-electron chi connectivity index (χ2n) is 7.92. The molecule has 1 saturated carbocycles. The molecule has 2 aliphatic rings. The third-order valence-electron chi connectivity index (χ3n) is 5.53. The maximum Gasteiger partial charge on any atom is 0.180 e. The van der Waals surface area contributed by atoms with E-state index in [1.165, 1.54) is 22.6 Å². The van der Waals surface area contributed by atoms with Gasteiger partial charge in [0.05, 0.1) is 11.8 Å². The van der Waals surface area contributed by atoms with Crippen LogP contribution in [-0.4, -0.2) is 24.2 Å². The molecule has 0 radical (unpaired) electrons. The minimum atomic E-state index is -1.19. The van der Waals surface area contributed by atoms with Crippen LogP contribution in [0, 0.1) is 11.3 Å². The molecular formula is C21H23NO2. The zero-order valence-corrected chi connectivity index (χ0v) is 14.6. The maximum absolute atomic E-state index is 10.9. The number of benzene rings is 2. The Morgan fingerprint density at radius 3 is 2.42 bits per heavy atom. The Labute approximate surface area is 142 Å². The topological polar surface area (TPSA) is 53.3 Å². The third-order valence-corrected chi connectivity index (χ3v) is 5.53. The molecule has 0 spiro atoms. The highest BCUT2D eigenvalue weighted by Crippen LogP contribution is 2.65. The number of fused-ring (bicyclic) bond motifs is 5. The van der Waals surface area contributed by atoms with Crippen molar-refractivity contribution in [3.8, 4) is 0 Å². The van der Waals surface area contributed by atoms with Crippen LogP contribution in [0.3, 0.4) is 0 Å². The predicted octanol–water partition coefficient (Wildman–Crippen LogP) is 4.23. The lowest BCUT2D eigenvalue weighted by Gasteiger charge is -2.25. The van der Waals surface area contributed by atoms with Gasteiger partial charge in [0.15, 0.2) is 5.79 Å². The fourth-order valence-electron chi connectivity index (χ4n) is 4.32. The van der Waals surface area contributed by atoms with Crippen LogP contribution in [0.15, 0.2) is 35.9 Å². The van der Waals surface area contributed by atoms with Crippen LogP contribution in [0.4, 0.5) is 0 Å². The summed E-state index contributed by atoms with van der Waals surface area (Å²) in [6.45, 7) is 6.66. The summed E-state index contributed by atoms with van der Waals surface area (Å²) in [4.78, 5) is 0. The Balaban J connectivity index is 2.08. The Kier molecular flexibility index (Phi) is 3.09. The van der Waals surface area contributed by atoms with Crippen LogP contribution in [0.2, 0.25) is 0 Å². The van der Waals surface area contributed by atoms with Gasteiger partial charge in [0.2, 0.25) is 0 Å². The molecule has 3 atom stereocenters. The molecule has 0 heterocycles. The summed E-state index contributed by atoms with van der Waals surface area (Å²) in [6.07, 6.45) is 3.39. The van der Waals surface area contributed by atoms with Crippen molar-refractivity contribution in [1.82, 2.24) is 0 Å². The lowest BCUT2D eigenvalue weighted by atomic mass is 9.78. The molecule has 0 aromatic heterocycles. The summed E-state index contributed by atoms with van der Waals surface area (Å²) in [6, 6.07) is 10.6. The molecule has 2 aliphatic carbocycles. The molecule has 24 heavy (non-hydrogen) atoms. The lowest BCUT2D eigenvalue weighted by Crippen LogP contribution is -2.16. The molecule has 0 amide bonds. The van der Waals surface area contributed by atoms with Gasteiger partial charge < -0.3 is 15.3 Å². The molecule has 2 aromatic carbocycles. The van der Waals surface area contributed by atoms with E-state index >= 15 is 0 Å². The number of aliphatic hydroxyl groups is 1. The number of nitrogens with one attached hydrogen (secondary N) is 1. The highest BCUT2D eigenvalue weighted by molar-refractivity contribution is 5.98. The molecule has 2 N–H and O–H groups in total. The molecule has 0 bridgehead atoms. The first kappa shape index (κ1) is 15.6. The van der Waals surface area contributed by atoms with Crippen LogP contribution in [0.25, 0.3) is 16.8 Å². The van der Waals surface area contributed by atoms with Crippen LogP contribution >= 0.6 is 0 Å². The Hall–Kier alpha value is -1.97. The van der Waals surface area contributed by atoms with Crippen molar-refractivity contribution in [3.05, 3.63) is 52.6 Å². The number of rotatable bonds is 2. The minimum Gasteiger partial charge on any atom is -0.364 e. The van der Waals surface area contributed by atoms with E-state index in [2.05, 4.69) is 45.0 Å². The summed E-state index contributed by atoms with van der Waals surface area (Å²) in [7, 11) is 1.55. The van der Waals surface area contributed by atoms with E-state index in [0.717, 1.165) is 16.7 Å². The van der Waals surface area contributed by atoms with Gasteiger partial charge in [-0.15, -0.1) is 0 Å². The molecule has 124 valence electrons. The molecule has 3 nitrogen and oxygen atoms in total. The molecule has 1 fully saturated rings. The number of hydrogen-bond acceptors (Lipinski definition) is 3.